The molecule has 2 aromatic heterocycles. The Kier molecular flexibility index (Phi) is 5.78. The zero-order chi connectivity index (χ0) is 20.1. The molecule has 0 aliphatic heterocycles. The molecular weight excluding hydrogens is 356 g/mol. The fourth-order valence-electron chi connectivity index (χ4n) is 2.77. The van der Waals surface area contributed by atoms with Crippen LogP contribution in [0.25, 0.3) is 11.3 Å². The summed E-state index contributed by atoms with van der Waals surface area (Å²) < 4.78 is 1.77. The maximum Gasteiger partial charge on any atom is 0.251 e. The van der Waals surface area contributed by atoms with Crippen molar-refractivity contribution in [3.05, 3.63) is 65.9 Å². The maximum absolute atomic E-state index is 12.6. The van der Waals surface area contributed by atoms with Gasteiger partial charge in [0.05, 0.1) is 11.7 Å². The van der Waals surface area contributed by atoms with E-state index in [0.717, 1.165) is 16.8 Å². The summed E-state index contributed by atoms with van der Waals surface area (Å²) >= 11 is 0. The number of aromatic nitrogens is 4. The molecule has 0 bridgehead atoms. The highest BCUT2D eigenvalue weighted by Crippen LogP contribution is 2.19. The van der Waals surface area contributed by atoms with E-state index in [-0.39, 0.29) is 17.9 Å². The van der Waals surface area contributed by atoms with Gasteiger partial charge in [0.1, 0.15) is 6.33 Å². The molecule has 2 N–H and O–H groups in total. The molecule has 3 rings (SSSR count). The second-order valence-corrected chi connectivity index (χ2v) is 6.54. The lowest BCUT2D eigenvalue weighted by molar-refractivity contribution is -0.119. The van der Waals surface area contributed by atoms with Gasteiger partial charge in [0.25, 0.3) is 5.91 Å². The van der Waals surface area contributed by atoms with E-state index in [1.54, 1.807) is 29.2 Å². The quantitative estimate of drug-likeness (QED) is 0.683. The van der Waals surface area contributed by atoms with Gasteiger partial charge in [-0.25, -0.2) is 0 Å². The second-order valence-electron chi connectivity index (χ2n) is 6.54. The van der Waals surface area contributed by atoms with Crippen molar-refractivity contribution >= 4 is 11.8 Å². The van der Waals surface area contributed by atoms with Crippen LogP contribution in [0.1, 0.15) is 41.6 Å². The molecular formula is C20H22N6O2. The third-order valence-corrected chi connectivity index (χ3v) is 4.27. The molecule has 2 amide bonds. The molecule has 144 valence electrons. The molecule has 0 saturated carbocycles. The van der Waals surface area contributed by atoms with Crippen LogP contribution < -0.4 is 10.6 Å². The van der Waals surface area contributed by atoms with Gasteiger partial charge in [-0.1, -0.05) is 18.2 Å². The molecule has 0 fully saturated rings. The minimum atomic E-state index is -0.269. The van der Waals surface area contributed by atoms with Crippen molar-refractivity contribution in [3.63, 3.8) is 0 Å². The van der Waals surface area contributed by atoms with Crippen LogP contribution in [0, 0.1) is 0 Å². The van der Waals surface area contributed by atoms with Crippen LogP contribution in [0.3, 0.4) is 0 Å². The van der Waals surface area contributed by atoms with Crippen molar-refractivity contribution in [2.24, 2.45) is 7.05 Å². The predicted molar refractivity (Wildman–Crippen MR) is 104 cm³/mol. The molecule has 1 atom stereocenters. The normalized spacial score (nSPS) is 11.7. The number of nitrogens with one attached hydrogen (secondary N) is 2. The number of aryl methyl sites for hydroxylation is 1. The lowest BCUT2D eigenvalue weighted by Gasteiger charge is -2.13. The molecule has 8 heteroatoms. The van der Waals surface area contributed by atoms with E-state index in [0.29, 0.717) is 17.9 Å². The summed E-state index contributed by atoms with van der Waals surface area (Å²) in [4.78, 5) is 28.1. The summed E-state index contributed by atoms with van der Waals surface area (Å²) in [6.07, 6.45) is 3.31. The molecule has 0 saturated heterocycles. The fraction of sp³-hybridized carbons (Fsp3) is 0.250. The van der Waals surface area contributed by atoms with E-state index in [4.69, 9.17) is 0 Å². The second kappa shape index (κ2) is 8.43. The van der Waals surface area contributed by atoms with Gasteiger partial charge in [-0.05, 0) is 30.7 Å². The van der Waals surface area contributed by atoms with E-state index in [9.17, 15) is 9.59 Å². The maximum atomic E-state index is 12.6. The summed E-state index contributed by atoms with van der Waals surface area (Å²) in [7, 11) is 1.83. The number of hydrogen-bond donors (Lipinski definition) is 2. The number of carbonyl (C=O) groups is 2. The largest absolute Gasteiger partial charge is 0.352 e. The van der Waals surface area contributed by atoms with Crippen LogP contribution in [-0.4, -0.2) is 31.6 Å². The summed E-state index contributed by atoms with van der Waals surface area (Å²) in [6, 6.07) is 10.8. The minimum Gasteiger partial charge on any atom is -0.352 e. The first-order valence-electron chi connectivity index (χ1n) is 8.88. The van der Waals surface area contributed by atoms with Crippen LogP contribution in [0.5, 0.6) is 0 Å². The Hall–Kier alpha value is -3.55. The molecule has 0 spiro atoms. The van der Waals surface area contributed by atoms with Crippen LogP contribution in [0.15, 0.2) is 48.9 Å². The first-order valence-corrected chi connectivity index (χ1v) is 8.88. The molecule has 0 unspecified atom stereocenters. The number of amides is 2. The Bertz CT molecular complexity index is 980. The Labute approximate surface area is 163 Å². The van der Waals surface area contributed by atoms with Crippen molar-refractivity contribution in [2.45, 2.75) is 26.4 Å². The highest BCUT2D eigenvalue weighted by molar-refractivity contribution is 5.95. The number of carbonyl (C=O) groups excluding carboxylic acids is 2. The number of nitrogens with zero attached hydrogens (tertiary/aromatic N) is 4. The van der Waals surface area contributed by atoms with Gasteiger partial charge in [0.2, 0.25) is 5.91 Å². The predicted octanol–water partition coefficient (Wildman–Crippen LogP) is 2.00. The van der Waals surface area contributed by atoms with Gasteiger partial charge in [0, 0.05) is 37.8 Å². The molecule has 0 aliphatic carbocycles. The molecule has 8 nitrogen and oxygen atoms in total. The van der Waals surface area contributed by atoms with E-state index >= 15 is 0 Å². The topological polar surface area (TPSA) is 102 Å². The Morgan fingerprint density at radius 1 is 1.21 bits per heavy atom. The van der Waals surface area contributed by atoms with Crippen LogP contribution >= 0.6 is 0 Å². The Morgan fingerprint density at radius 2 is 2.04 bits per heavy atom. The zero-order valence-electron chi connectivity index (χ0n) is 16.0. The highest BCUT2D eigenvalue weighted by Gasteiger charge is 2.16. The smallest absolute Gasteiger partial charge is 0.251 e. The van der Waals surface area contributed by atoms with Crippen molar-refractivity contribution in [1.82, 2.24) is 30.4 Å². The summed E-state index contributed by atoms with van der Waals surface area (Å²) in [5.74, 6) is 0.402. The number of hydrogen-bond acceptors (Lipinski definition) is 5. The van der Waals surface area contributed by atoms with E-state index in [2.05, 4.69) is 25.8 Å². The minimum absolute atomic E-state index is 0.0849. The number of rotatable bonds is 6. The Morgan fingerprint density at radius 3 is 2.68 bits per heavy atom. The highest BCUT2D eigenvalue weighted by atomic mass is 16.2. The van der Waals surface area contributed by atoms with Gasteiger partial charge in [-0.3, -0.25) is 14.6 Å². The van der Waals surface area contributed by atoms with Crippen LogP contribution in [0.2, 0.25) is 0 Å². The van der Waals surface area contributed by atoms with Crippen LogP contribution in [0.4, 0.5) is 0 Å². The molecule has 0 aliphatic rings. The van der Waals surface area contributed by atoms with Gasteiger partial charge in [0.15, 0.2) is 5.82 Å². The first-order chi connectivity index (χ1) is 13.4. The van der Waals surface area contributed by atoms with E-state index in [1.807, 2.05) is 38.2 Å². The average Bonchev–Trinajstić information content (AvgIpc) is 3.13. The molecule has 2 heterocycles. The SMILES string of the molecule is CC(=O)NCc1ccc(-c2cccc(C(=O)N[C@H](C)c3nncn3C)c2)nc1. The lowest BCUT2D eigenvalue weighted by atomic mass is 10.1. The summed E-state index contributed by atoms with van der Waals surface area (Å²) in [5.41, 5.74) is 3.04. The summed E-state index contributed by atoms with van der Waals surface area (Å²) in [6.45, 7) is 3.77. The molecule has 1 aromatic carbocycles. The molecule has 0 radical (unpaired) electrons. The van der Waals surface area contributed by atoms with E-state index in [1.165, 1.54) is 6.92 Å². The standard InChI is InChI=1S/C20H22N6O2/c1-13(19-25-23-12-26(19)3)24-20(28)17-6-4-5-16(9-17)18-8-7-15(11-22-18)10-21-14(2)27/h4-9,11-13H,10H2,1-3H3,(H,21,27)(H,24,28)/t13-/m1/s1. The molecule has 3 aromatic rings. The van der Waals surface area contributed by atoms with Crippen molar-refractivity contribution < 1.29 is 9.59 Å². The van der Waals surface area contributed by atoms with Crippen LogP contribution in [-0.2, 0) is 18.4 Å². The van der Waals surface area contributed by atoms with Gasteiger partial charge >= 0.3 is 0 Å². The summed E-state index contributed by atoms with van der Waals surface area (Å²) in [5, 5.41) is 13.5. The van der Waals surface area contributed by atoms with Crippen molar-refractivity contribution in [2.75, 3.05) is 0 Å². The van der Waals surface area contributed by atoms with Gasteiger partial charge in [-0.2, -0.15) is 0 Å². The third kappa shape index (κ3) is 4.59. The molecule has 28 heavy (non-hydrogen) atoms. The lowest BCUT2D eigenvalue weighted by Crippen LogP contribution is -2.28. The van der Waals surface area contributed by atoms with Gasteiger partial charge < -0.3 is 15.2 Å². The fourth-order valence-corrected chi connectivity index (χ4v) is 2.77. The number of pyridine rings is 1. The van der Waals surface area contributed by atoms with E-state index < -0.39 is 0 Å². The van der Waals surface area contributed by atoms with Crippen molar-refractivity contribution in [3.8, 4) is 11.3 Å². The average molecular weight is 378 g/mol. The Balaban J connectivity index is 1.72. The third-order valence-electron chi connectivity index (χ3n) is 4.27. The zero-order valence-corrected chi connectivity index (χ0v) is 16.0. The van der Waals surface area contributed by atoms with Crippen molar-refractivity contribution in [1.29, 1.82) is 0 Å². The number of benzene rings is 1. The van der Waals surface area contributed by atoms with Gasteiger partial charge in [-0.15, -0.1) is 10.2 Å². The first kappa shape index (κ1) is 19.2. The monoisotopic (exact) mass is 378 g/mol.